The van der Waals surface area contributed by atoms with Crippen LogP contribution in [0.15, 0.2) is 24.3 Å². The molecule has 17 heavy (non-hydrogen) atoms. The average molecular weight is 234 g/mol. The van der Waals surface area contributed by atoms with E-state index in [1.807, 2.05) is 0 Å². The molecular formula is C15H26N2. The number of rotatable bonds is 6. The molecule has 0 fully saturated rings. The van der Waals surface area contributed by atoms with Gasteiger partial charge < -0.3 is 10.6 Å². The van der Waals surface area contributed by atoms with Crippen LogP contribution in [0.25, 0.3) is 0 Å². The van der Waals surface area contributed by atoms with Crippen molar-refractivity contribution in [3.63, 3.8) is 0 Å². The van der Waals surface area contributed by atoms with Gasteiger partial charge in [0.2, 0.25) is 0 Å². The first-order valence-electron chi connectivity index (χ1n) is 6.65. The maximum absolute atomic E-state index is 6.01. The maximum atomic E-state index is 6.01. The third-order valence-electron chi connectivity index (χ3n) is 3.48. The first-order valence-corrected chi connectivity index (χ1v) is 6.65. The minimum Gasteiger partial charge on any atom is -0.374 e. The van der Waals surface area contributed by atoms with Crippen LogP contribution in [0.2, 0.25) is 0 Å². The van der Waals surface area contributed by atoms with Crippen LogP contribution in [0.3, 0.4) is 0 Å². The Morgan fingerprint density at radius 3 is 2.18 bits per heavy atom. The van der Waals surface area contributed by atoms with Gasteiger partial charge in [-0.25, -0.2) is 0 Å². The molecule has 2 nitrogen and oxygen atoms in total. The van der Waals surface area contributed by atoms with Gasteiger partial charge in [0.25, 0.3) is 0 Å². The van der Waals surface area contributed by atoms with Crippen molar-refractivity contribution in [1.29, 1.82) is 0 Å². The number of hydrogen-bond donors (Lipinski definition) is 1. The van der Waals surface area contributed by atoms with Crippen LogP contribution >= 0.6 is 0 Å². The molecular weight excluding hydrogens is 208 g/mol. The monoisotopic (exact) mass is 234 g/mol. The zero-order valence-electron chi connectivity index (χ0n) is 11.6. The van der Waals surface area contributed by atoms with Crippen molar-refractivity contribution >= 4 is 5.69 Å². The summed E-state index contributed by atoms with van der Waals surface area (Å²) in [5.41, 5.74) is 8.51. The van der Waals surface area contributed by atoms with Gasteiger partial charge in [-0.1, -0.05) is 39.3 Å². The van der Waals surface area contributed by atoms with Gasteiger partial charge in [0.05, 0.1) is 0 Å². The fraction of sp³-hybridized carbons (Fsp3) is 0.600. The summed E-state index contributed by atoms with van der Waals surface area (Å²) in [5, 5.41) is 0. The molecule has 1 unspecified atom stereocenters. The van der Waals surface area contributed by atoms with Crippen molar-refractivity contribution in [3.05, 3.63) is 29.8 Å². The van der Waals surface area contributed by atoms with Crippen molar-refractivity contribution < 1.29 is 0 Å². The normalized spacial score (nSPS) is 14.4. The Bertz CT molecular complexity index is 318. The molecule has 96 valence electrons. The fourth-order valence-corrected chi connectivity index (χ4v) is 1.91. The number of nitrogens with two attached hydrogens (primary N) is 1. The molecule has 1 aromatic rings. The maximum Gasteiger partial charge on any atom is 0.0363 e. The van der Waals surface area contributed by atoms with Crippen LogP contribution in [0.5, 0.6) is 0 Å². The number of benzene rings is 1. The van der Waals surface area contributed by atoms with Crippen LogP contribution in [-0.4, -0.2) is 13.6 Å². The summed E-state index contributed by atoms with van der Waals surface area (Å²) in [6.07, 6.45) is 2.21. The number of hydrogen-bond acceptors (Lipinski definition) is 2. The molecule has 0 saturated carbocycles. The second-order valence-electron chi connectivity index (χ2n) is 5.00. The third-order valence-corrected chi connectivity index (χ3v) is 3.48. The molecule has 2 atom stereocenters. The van der Waals surface area contributed by atoms with Gasteiger partial charge in [-0.15, -0.1) is 0 Å². The van der Waals surface area contributed by atoms with Crippen molar-refractivity contribution in [3.8, 4) is 0 Å². The highest BCUT2D eigenvalue weighted by atomic mass is 15.1. The van der Waals surface area contributed by atoms with Crippen molar-refractivity contribution in [2.24, 2.45) is 11.7 Å². The van der Waals surface area contributed by atoms with Gasteiger partial charge in [0, 0.05) is 25.3 Å². The van der Waals surface area contributed by atoms with Crippen LogP contribution in [-0.2, 0) is 0 Å². The molecule has 2 heteroatoms. The molecule has 0 heterocycles. The summed E-state index contributed by atoms with van der Waals surface area (Å²) >= 11 is 0. The molecule has 1 aromatic carbocycles. The van der Waals surface area contributed by atoms with Gasteiger partial charge in [-0.05, 0) is 30.0 Å². The zero-order chi connectivity index (χ0) is 12.8. The Balaban J connectivity index is 2.66. The molecule has 0 aromatic heterocycles. The lowest BCUT2D eigenvalue weighted by Gasteiger charge is -2.23. The van der Waals surface area contributed by atoms with E-state index in [1.54, 1.807) is 0 Å². The van der Waals surface area contributed by atoms with E-state index in [0.29, 0.717) is 0 Å². The second-order valence-corrected chi connectivity index (χ2v) is 5.00. The van der Waals surface area contributed by atoms with Gasteiger partial charge in [-0.2, -0.15) is 0 Å². The molecule has 2 N–H and O–H groups in total. The summed E-state index contributed by atoms with van der Waals surface area (Å²) in [4.78, 5) is 2.31. The number of nitrogens with zero attached hydrogens (tertiary/aromatic N) is 1. The van der Waals surface area contributed by atoms with Gasteiger partial charge >= 0.3 is 0 Å². The first-order chi connectivity index (χ1) is 8.08. The Hall–Kier alpha value is -1.02. The van der Waals surface area contributed by atoms with E-state index in [2.05, 4.69) is 57.0 Å². The third kappa shape index (κ3) is 4.04. The quantitative estimate of drug-likeness (QED) is 0.815. The van der Waals surface area contributed by atoms with Gasteiger partial charge in [0.1, 0.15) is 0 Å². The summed E-state index contributed by atoms with van der Waals surface area (Å²) in [6, 6.07) is 8.82. The molecule has 0 aliphatic heterocycles. The second kappa shape index (κ2) is 6.65. The molecule has 1 rings (SSSR count). The molecule has 0 aliphatic carbocycles. The Kier molecular flexibility index (Phi) is 5.49. The van der Waals surface area contributed by atoms with Gasteiger partial charge in [-0.3, -0.25) is 0 Å². The Morgan fingerprint density at radius 2 is 1.71 bits per heavy atom. The minimum atomic E-state index is 0.170. The van der Waals surface area contributed by atoms with Crippen LogP contribution in [0, 0.1) is 5.92 Å². The molecule has 0 spiro atoms. The highest BCUT2D eigenvalue weighted by Gasteiger charge is 2.07. The largest absolute Gasteiger partial charge is 0.374 e. The predicted octanol–water partition coefficient (Wildman–Crippen LogP) is 3.58. The lowest BCUT2D eigenvalue weighted by Crippen LogP contribution is -2.23. The topological polar surface area (TPSA) is 29.3 Å². The van der Waals surface area contributed by atoms with E-state index in [1.165, 1.54) is 17.7 Å². The molecule has 0 amide bonds. The molecule has 0 saturated heterocycles. The van der Waals surface area contributed by atoms with Crippen molar-refractivity contribution in [1.82, 2.24) is 0 Å². The van der Waals surface area contributed by atoms with Crippen molar-refractivity contribution in [2.45, 2.75) is 39.7 Å². The van der Waals surface area contributed by atoms with Crippen LogP contribution < -0.4 is 10.6 Å². The van der Waals surface area contributed by atoms with E-state index in [4.69, 9.17) is 5.73 Å². The van der Waals surface area contributed by atoms with E-state index < -0.39 is 0 Å². The average Bonchev–Trinajstić information content (AvgIpc) is 2.37. The first kappa shape index (κ1) is 14.0. The predicted molar refractivity (Wildman–Crippen MR) is 76.4 cm³/mol. The summed E-state index contributed by atoms with van der Waals surface area (Å²) in [6.45, 7) is 7.75. The van der Waals surface area contributed by atoms with E-state index >= 15 is 0 Å². The smallest absolute Gasteiger partial charge is 0.0363 e. The van der Waals surface area contributed by atoms with Crippen LogP contribution in [0.1, 0.15) is 45.2 Å². The van der Waals surface area contributed by atoms with Crippen molar-refractivity contribution in [2.75, 3.05) is 18.5 Å². The minimum absolute atomic E-state index is 0.170. The van der Waals surface area contributed by atoms with Gasteiger partial charge in [0.15, 0.2) is 0 Å². The summed E-state index contributed by atoms with van der Waals surface area (Å²) < 4.78 is 0. The highest BCUT2D eigenvalue weighted by molar-refractivity contribution is 5.47. The lowest BCUT2D eigenvalue weighted by molar-refractivity contribution is 0.560. The van der Waals surface area contributed by atoms with E-state index in [-0.39, 0.29) is 6.04 Å². The van der Waals surface area contributed by atoms with Crippen LogP contribution in [0.4, 0.5) is 5.69 Å². The van der Waals surface area contributed by atoms with E-state index in [9.17, 15) is 0 Å². The van der Waals surface area contributed by atoms with E-state index in [0.717, 1.165) is 18.9 Å². The Morgan fingerprint density at radius 1 is 1.12 bits per heavy atom. The molecule has 0 aliphatic rings. The lowest BCUT2D eigenvalue weighted by atomic mass is 10.0. The SMILES string of the molecule is CCC(C)CN(C)c1ccc([C@H](N)CC)cc1. The fourth-order valence-electron chi connectivity index (χ4n) is 1.91. The standard InChI is InChI=1S/C15H26N2/c1-5-12(3)11-17(4)14-9-7-13(8-10-14)15(16)6-2/h7-10,12,15H,5-6,11,16H2,1-4H3/t12?,15-/m1/s1. The Labute approximate surface area is 106 Å². The molecule has 0 bridgehead atoms. The zero-order valence-corrected chi connectivity index (χ0v) is 11.6. The summed E-state index contributed by atoms with van der Waals surface area (Å²) in [5.74, 6) is 0.734. The summed E-state index contributed by atoms with van der Waals surface area (Å²) in [7, 11) is 2.15. The molecule has 0 radical (unpaired) electrons. The number of anilines is 1. The highest BCUT2D eigenvalue weighted by Crippen LogP contribution is 2.20.